The molecule has 3 fully saturated rings. The summed E-state index contributed by atoms with van der Waals surface area (Å²) in [5.41, 5.74) is 2.10. The van der Waals surface area contributed by atoms with Gasteiger partial charge in [-0.2, -0.15) is 10.1 Å². The minimum Gasteiger partial charge on any atom is -0.347 e. The molecule has 2 aliphatic carbocycles. The Morgan fingerprint density at radius 1 is 1.15 bits per heavy atom. The summed E-state index contributed by atoms with van der Waals surface area (Å²) >= 11 is 0. The van der Waals surface area contributed by atoms with Crippen molar-refractivity contribution in [3.8, 4) is 0 Å². The molecule has 4 atom stereocenters. The molecule has 1 aliphatic heterocycles. The van der Waals surface area contributed by atoms with Crippen LogP contribution in [0.3, 0.4) is 0 Å². The predicted octanol–water partition coefficient (Wildman–Crippen LogP) is 2.57. The molecular formula is C24H30N8O2. The Morgan fingerprint density at radius 3 is 2.71 bits per heavy atom. The van der Waals surface area contributed by atoms with Crippen molar-refractivity contribution in [1.29, 1.82) is 0 Å². The van der Waals surface area contributed by atoms with Crippen LogP contribution >= 0.6 is 0 Å². The van der Waals surface area contributed by atoms with Crippen LogP contribution in [0.2, 0.25) is 0 Å². The predicted molar refractivity (Wildman–Crippen MR) is 127 cm³/mol. The number of nitrogens with one attached hydrogen (secondary N) is 1. The molecule has 10 heteroatoms. The van der Waals surface area contributed by atoms with Gasteiger partial charge in [0.15, 0.2) is 5.65 Å². The number of rotatable bonds is 5. The maximum atomic E-state index is 13.3. The first kappa shape index (κ1) is 21.1. The van der Waals surface area contributed by atoms with Crippen molar-refractivity contribution in [3.05, 3.63) is 30.4 Å². The van der Waals surface area contributed by atoms with Gasteiger partial charge in [-0.25, -0.2) is 9.67 Å². The Labute approximate surface area is 197 Å². The molecule has 0 radical (unpaired) electrons. The molecule has 34 heavy (non-hydrogen) atoms. The van der Waals surface area contributed by atoms with Crippen molar-refractivity contribution >= 4 is 34.5 Å². The maximum Gasteiger partial charge on any atom is 0.271 e. The molecule has 0 aromatic carbocycles. The number of likely N-dealkylation sites (tertiary alicyclic amines) is 1. The smallest absolute Gasteiger partial charge is 0.271 e. The first-order chi connectivity index (χ1) is 16.4. The van der Waals surface area contributed by atoms with Crippen molar-refractivity contribution in [2.24, 2.45) is 18.9 Å². The summed E-state index contributed by atoms with van der Waals surface area (Å²) in [4.78, 5) is 38.3. The molecule has 1 unspecified atom stereocenters. The van der Waals surface area contributed by atoms with Gasteiger partial charge < -0.3 is 19.7 Å². The molecule has 1 N–H and O–H groups in total. The van der Waals surface area contributed by atoms with Gasteiger partial charge in [-0.3, -0.25) is 9.59 Å². The first-order valence-electron chi connectivity index (χ1n) is 12.0. The number of amides is 2. The first-order valence-corrected chi connectivity index (χ1v) is 12.0. The Kier molecular flexibility index (Phi) is 4.86. The second-order valence-corrected chi connectivity index (χ2v) is 10.2. The molecule has 6 rings (SSSR count). The normalized spacial score (nSPS) is 25.6. The van der Waals surface area contributed by atoms with Gasteiger partial charge in [0.25, 0.3) is 5.91 Å². The Bertz CT molecular complexity index is 1270. The van der Waals surface area contributed by atoms with E-state index < -0.39 is 6.04 Å². The van der Waals surface area contributed by atoms with E-state index in [0.29, 0.717) is 30.6 Å². The number of hydrogen-bond donors (Lipinski definition) is 1. The minimum atomic E-state index is -0.401. The summed E-state index contributed by atoms with van der Waals surface area (Å²) in [5.74, 6) is 2.04. The van der Waals surface area contributed by atoms with Crippen LogP contribution in [0.5, 0.6) is 0 Å². The van der Waals surface area contributed by atoms with Crippen LogP contribution in [-0.2, 0) is 11.8 Å². The molecule has 1 saturated heterocycles. The number of aryl methyl sites for hydroxylation is 1. The Morgan fingerprint density at radius 2 is 1.94 bits per heavy atom. The van der Waals surface area contributed by atoms with Gasteiger partial charge in [0.2, 0.25) is 11.9 Å². The molecule has 3 aromatic rings. The van der Waals surface area contributed by atoms with Gasteiger partial charge in [0.1, 0.15) is 11.7 Å². The van der Waals surface area contributed by atoms with E-state index in [1.165, 1.54) is 19.3 Å². The zero-order valence-corrected chi connectivity index (χ0v) is 19.8. The molecule has 178 valence electrons. The average molecular weight is 463 g/mol. The third-order valence-electron chi connectivity index (χ3n) is 7.62. The summed E-state index contributed by atoms with van der Waals surface area (Å²) in [6.45, 7) is 0.587. The van der Waals surface area contributed by atoms with Gasteiger partial charge in [0, 0.05) is 40.1 Å². The van der Waals surface area contributed by atoms with Crippen molar-refractivity contribution < 1.29 is 9.59 Å². The van der Waals surface area contributed by atoms with E-state index in [9.17, 15) is 9.59 Å². The lowest BCUT2D eigenvalue weighted by atomic mass is 10.2. The topological polar surface area (TPSA) is 101 Å². The van der Waals surface area contributed by atoms with Crippen molar-refractivity contribution in [2.75, 3.05) is 26.0 Å². The van der Waals surface area contributed by atoms with Crippen molar-refractivity contribution in [1.82, 2.24) is 34.1 Å². The van der Waals surface area contributed by atoms with Gasteiger partial charge >= 0.3 is 0 Å². The number of anilines is 2. The summed E-state index contributed by atoms with van der Waals surface area (Å²) < 4.78 is 3.84. The van der Waals surface area contributed by atoms with Crippen LogP contribution in [-0.4, -0.2) is 72.6 Å². The maximum absolute atomic E-state index is 13.3. The molecule has 3 aliphatic rings. The highest BCUT2D eigenvalue weighted by atomic mass is 16.2. The van der Waals surface area contributed by atoms with Crippen LogP contribution in [0.4, 0.5) is 11.6 Å². The van der Waals surface area contributed by atoms with Gasteiger partial charge in [-0.1, -0.05) is 0 Å². The lowest BCUT2D eigenvalue weighted by Gasteiger charge is -2.26. The van der Waals surface area contributed by atoms with E-state index in [-0.39, 0.29) is 11.8 Å². The summed E-state index contributed by atoms with van der Waals surface area (Å²) in [7, 11) is 5.29. The largest absolute Gasteiger partial charge is 0.347 e. The Hall–Kier alpha value is -3.43. The number of fused-ring (bicyclic) bond motifs is 2. The number of nitrogens with zero attached hydrogens (tertiary/aromatic N) is 7. The SMILES string of the molecule is CN(C)C(=O)[C@@H]1CCCN1C(=O)c1cc(Nc2ncc3cnn(C4C[C@@H]5C[C@@H]5C4)c3n2)cn1C. The second-order valence-electron chi connectivity index (χ2n) is 10.2. The summed E-state index contributed by atoms with van der Waals surface area (Å²) in [6, 6.07) is 1.82. The van der Waals surface area contributed by atoms with Crippen LogP contribution in [0.25, 0.3) is 11.0 Å². The standard InChI is InChI=1S/C24H30N8O2/c1-29(2)22(33)19-5-4-6-31(19)23(34)20-10-17(13-30(20)3)27-24-25-11-16-12-26-32(21(16)28-24)18-8-14-7-15(14)9-18/h10-15,18-19H,4-9H2,1-3H3,(H,25,27,28)/t14-,15+,18?,19-/m0/s1. The second kappa shape index (κ2) is 7.82. The van der Waals surface area contributed by atoms with E-state index in [1.54, 1.807) is 40.7 Å². The molecular weight excluding hydrogens is 432 g/mol. The molecule has 0 bridgehead atoms. The summed E-state index contributed by atoms with van der Waals surface area (Å²) in [5, 5.41) is 8.78. The molecule has 10 nitrogen and oxygen atoms in total. The van der Waals surface area contributed by atoms with Crippen LogP contribution < -0.4 is 5.32 Å². The molecule has 4 heterocycles. The molecule has 2 saturated carbocycles. The van der Waals surface area contributed by atoms with Gasteiger partial charge in [-0.05, 0) is 50.0 Å². The third-order valence-corrected chi connectivity index (χ3v) is 7.62. The van der Waals surface area contributed by atoms with Crippen LogP contribution in [0.15, 0.2) is 24.7 Å². The average Bonchev–Trinajstić information content (AvgIpc) is 3.31. The van der Waals surface area contributed by atoms with Gasteiger partial charge in [0.05, 0.1) is 23.3 Å². The van der Waals surface area contributed by atoms with E-state index in [1.807, 2.05) is 19.4 Å². The molecule has 0 spiro atoms. The molecule has 2 amide bonds. The number of likely N-dealkylation sites (N-methyl/N-ethyl adjacent to an activating group) is 1. The Balaban J connectivity index is 1.22. The monoisotopic (exact) mass is 462 g/mol. The minimum absolute atomic E-state index is 0.0312. The van der Waals surface area contributed by atoms with E-state index in [0.717, 1.165) is 35.0 Å². The lowest BCUT2D eigenvalue weighted by molar-refractivity contribution is -0.132. The zero-order valence-electron chi connectivity index (χ0n) is 19.8. The van der Waals surface area contributed by atoms with E-state index in [2.05, 4.69) is 20.1 Å². The van der Waals surface area contributed by atoms with Crippen LogP contribution in [0, 0.1) is 11.8 Å². The highest BCUT2D eigenvalue weighted by molar-refractivity contribution is 5.97. The lowest BCUT2D eigenvalue weighted by Crippen LogP contribution is -2.45. The number of aromatic nitrogens is 5. The quantitative estimate of drug-likeness (QED) is 0.625. The van der Waals surface area contributed by atoms with Crippen molar-refractivity contribution in [2.45, 2.75) is 44.2 Å². The number of hydrogen-bond acceptors (Lipinski definition) is 6. The molecule has 3 aromatic heterocycles. The fraction of sp³-hybridized carbons (Fsp3) is 0.542. The third kappa shape index (κ3) is 3.52. The fourth-order valence-electron chi connectivity index (χ4n) is 5.73. The highest BCUT2D eigenvalue weighted by Gasteiger charge is 2.47. The van der Waals surface area contributed by atoms with E-state index in [4.69, 9.17) is 4.98 Å². The fourth-order valence-corrected chi connectivity index (χ4v) is 5.73. The van der Waals surface area contributed by atoms with E-state index >= 15 is 0 Å². The highest BCUT2D eigenvalue weighted by Crippen LogP contribution is 2.56. The zero-order chi connectivity index (χ0) is 23.6. The van der Waals surface area contributed by atoms with Crippen LogP contribution in [0.1, 0.15) is 48.6 Å². The summed E-state index contributed by atoms with van der Waals surface area (Å²) in [6.07, 6.45) is 10.7. The van der Waals surface area contributed by atoms with Crippen molar-refractivity contribution in [3.63, 3.8) is 0 Å². The van der Waals surface area contributed by atoms with Gasteiger partial charge in [-0.15, -0.1) is 0 Å². The number of carbonyl (C=O) groups excluding carboxylic acids is 2. The number of carbonyl (C=O) groups is 2.